The SMILES string of the molecule is CC(C)N1CCC(CN)(N(C)CC2CCCN2C)C1. The van der Waals surface area contributed by atoms with Crippen LogP contribution >= 0.6 is 0 Å². The van der Waals surface area contributed by atoms with Crippen molar-refractivity contribution in [2.24, 2.45) is 5.73 Å². The van der Waals surface area contributed by atoms with Crippen LogP contribution in [0.5, 0.6) is 0 Å². The molecular formula is C15H32N4. The van der Waals surface area contributed by atoms with Gasteiger partial charge in [-0.25, -0.2) is 0 Å². The normalized spacial score (nSPS) is 33.9. The fourth-order valence-corrected chi connectivity index (χ4v) is 3.68. The first-order valence-corrected chi connectivity index (χ1v) is 7.84. The van der Waals surface area contributed by atoms with Gasteiger partial charge in [0.25, 0.3) is 0 Å². The monoisotopic (exact) mass is 268 g/mol. The molecule has 0 bridgehead atoms. The molecule has 2 unspecified atom stereocenters. The molecule has 0 aromatic rings. The lowest BCUT2D eigenvalue weighted by atomic mass is 9.95. The maximum Gasteiger partial charge on any atom is 0.0468 e. The molecule has 2 heterocycles. The third-order valence-corrected chi connectivity index (χ3v) is 5.44. The molecule has 0 aromatic heterocycles. The van der Waals surface area contributed by atoms with Crippen LogP contribution in [0.2, 0.25) is 0 Å². The largest absolute Gasteiger partial charge is 0.329 e. The maximum atomic E-state index is 6.16. The summed E-state index contributed by atoms with van der Waals surface area (Å²) in [5.41, 5.74) is 6.36. The summed E-state index contributed by atoms with van der Waals surface area (Å²) in [6.45, 7) is 10.1. The summed E-state index contributed by atoms with van der Waals surface area (Å²) in [5.74, 6) is 0. The van der Waals surface area contributed by atoms with Crippen LogP contribution in [0.15, 0.2) is 0 Å². The van der Waals surface area contributed by atoms with E-state index in [-0.39, 0.29) is 5.54 Å². The van der Waals surface area contributed by atoms with Crippen molar-refractivity contribution in [3.63, 3.8) is 0 Å². The second-order valence-corrected chi connectivity index (χ2v) is 6.90. The van der Waals surface area contributed by atoms with Gasteiger partial charge in [-0.1, -0.05) is 0 Å². The van der Waals surface area contributed by atoms with Crippen LogP contribution in [-0.4, -0.2) is 79.1 Å². The van der Waals surface area contributed by atoms with Gasteiger partial charge in [0.1, 0.15) is 0 Å². The van der Waals surface area contributed by atoms with E-state index in [9.17, 15) is 0 Å². The Labute approximate surface area is 118 Å². The summed E-state index contributed by atoms with van der Waals surface area (Å²) in [4.78, 5) is 7.64. The van der Waals surface area contributed by atoms with Crippen LogP contribution in [-0.2, 0) is 0 Å². The van der Waals surface area contributed by atoms with Gasteiger partial charge in [-0.2, -0.15) is 0 Å². The van der Waals surface area contributed by atoms with Crippen molar-refractivity contribution < 1.29 is 0 Å². The van der Waals surface area contributed by atoms with Crippen molar-refractivity contribution in [1.82, 2.24) is 14.7 Å². The number of hydrogen-bond acceptors (Lipinski definition) is 4. The molecule has 4 heteroatoms. The van der Waals surface area contributed by atoms with Gasteiger partial charge in [-0.3, -0.25) is 9.80 Å². The lowest BCUT2D eigenvalue weighted by molar-refractivity contribution is 0.0956. The summed E-state index contributed by atoms with van der Waals surface area (Å²) in [6.07, 6.45) is 3.91. The summed E-state index contributed by atoms with van der Waals surface area (Å²) in [7, 11) is 4.54. The lowest BCUT2D eigenvalue weighted by Gasteiger charge is -2.40. The van der Waals surface area contributed by atoms with Gasteiger partial charge in [0.15, 0.2) is 0 Å². The number of likely N-dealkylation sites (tertiary alicyclic amines) is 2. The molecule has 0 aliphatic carbocycles. The Morgan fingerprint density at radius 3 is 2.58 bits per heavy atom. The molecule has 0 saturated carbocycles. The van der Waals surface area contributed by atoms with E-state index in [0.29, 0.717) is 6.04 Å². The van der Waals surface area contributed by atoms with Gasteiger partial charge >= 0.3 is 0 Å². The molecule has 2 fully saturated rings. The zero-order valence-corrected chi connectivity index (χ0v) is 13.2. The van der Waals surface area contributed by atoms with E-state index in [4.69, 9.17) is 5.73 Å². The molecule has 4 nitrogen and oxygen atoms in total. The molecular weight excluding hydrogens is 236 g/mol. The first-order chi connectivity index (χ1) is 8.98. The van der Waals surface area contributed by atoms with Crippen molar-refractivity contribution in [2.75, 3.05) is 46.8 Å². The van der Waals surface area contributed by atoms with Gasteiger partial charge in [0, 0.05) is 43.8 Å². The van der Waals surface area contributed by atoms with Crippen molar-refractivity contribution in [1.29, 1.82) is 0 Å². The molecule has 2 N–H and O–H groups in total. The minimum Gasteiger partial charge on any atom is -0.329 e. The highest BCUT2D eigenvalue weighted by atomic mass is 15.3. The highest BCUT2D eigenvalue weighted by Gasteiger charge is 2.42. The smallest absolute Gasteiger partial charge is 0.0468 e. The molecule has 0 amide bonds. The molecule has 0 spiro atoms. The summed E-state index contributed by atoms with van der Waals surface area (Å²) in [6, 6.07) is 1.36. The van der Waals surface area contributed by atoms with Crippen molar-refractivity contribution in [3.05, 3.63) is 0 Å². The second-order valence-electron chi connectivity index (χ2n) is 6.90. The maximum absolute atomic E-state index is 6.16. The van der Waals surface area contributed by atoms with E-state index in [1.807, 2.05) is 0 Å². The molecule has 0 aromatic carbocycles. The summed E-state index contributed by atoms with van der Waals surface area (Å²) >= 11 is 0. The molecule has 2 rings (SSSR count). The van der Waals surface area contributed by atoms with Gasteiger partial charge in [-0.05, 0) is 53.8 Å². The third kappa shape index (κ3) is 3.13. The predicted octanol–water partition coefficient (Wildman–Crippen LogP) is 0.824. The Bertz CT molecular complexity index is 294. The van der Waals surface area contributed by atoms with Crippen LogP contribution in [0.1, 0.15) is 33.1 Å². The quantitative estimate of drug-likeness (QED) is 0.801. The molecule has 112 valence electrons. The number of likely N-dealkylation sites (N-methyl/N-ethyl adjacent to an activating group) is 2. The van der Waals surface area contributed by atoms with E-state index in [1.165, 1.54) is 38.9 Å². The standard InChI is InChI=1S/C15H32N4/c1-13(2)19-9-7-15(11-16,12-19)18(4)10-14-6-5-8-17(14)3/h13-14H,5-12,16H2,1-4H3. The number of hydrogen-bond donors (Lipinski definition) is 1. The Kier molecular flexibility index (Phi) is 4.88. The third-order valence-electron chi connectivity index (χ3n) is 5.44. The van der Waals surface area contributed by atoms with Gasteiger partial charge in [0.05, 0.1) is 0 Å². The molecule has 2 saturated heterocycles. The Hall–Kier alpha value is -0.160. The lowest BCUT2D eigenvalue weighted by Crippen LogP contribution is -2.57. The molecule has 2 atom stereocenters. The predicted molar refractivity (Wildman–Crippen MR) is 81.4 cm³/mol. The minimum absolute atomic E-state index is 0.202. The van der Waals surface area contributed by atoms with Crippen LogP contribution in [0.25, 0.3) is 0 Å². The Morgan fingerprint density at radius 1 is 1.37 bits per heavy atom. The number of nitrogens with zero attached hydrogens (tertiary/aromatic N) is 3. The van der Waals surface area contributed by atoms with E-state index >= 15 is 0 Å². The summed E-state index contributed by atoms with van der Waals surface area (Å²) in [5, 5.41) is 0. The second kappa shape index (κ2) is 6.08. The molecule has 0 radical (unpaired) electrons. The van der Waals surface area contributed by atoms with Gasteiger partial charge in [0.2, 0.25) is 0 Å². The topological polar surface area (TPSA) is 35.7 Å². The van der Waals surface area contributed by atoms with E-state index < -0.39 is 0 Å². The van der Waals surface area contributed by atoms with E-state index in [1.54, 1.807) is 0 Å². The van der Waals surface area contributed by atoms with E-state index in [0.717, 1.165) is 19.1 Å². The van der Waals surface area contributed by atoms with E-state index in [2.05, 4.69) is 42.6 Å². The van der Waals surface area contributed by atoms with Crippen LogP contribution in [0.3, 0.4) is 0 Å². The summed E-state index contributed by atoms with van der Waals surface area (Å²) < 4.78 is 0. The fourth-order valence-electron chi connectivity index (χ4n) is 3.68. The Morgan fingerprint density at radius 2 is 2.11 bits per heavy atom. The van der Waals surface area contributed by atoms with Crippen LogP contribution in [0.4, 0.5) is 0 Å². The molecule has 2 aliphatic rings. The van der Waals surface area contributed by atoms with Crippen molar-refractivity contribution in [2.45, 2.75) is 50.7 Å². The number of nitrogens with two attached hydrogens (primary N) is 1. The average Bonchev–Trinajstić information content (AvgIpc) is 2.97. The minimum atomic E-state index is 0.202. The van der Waals surface area contributed by atoms with Gasteiger partial charge < -0.3 is 10.6 Å². The van der Waals surface area contributed by atoms with Crippen molar-refractivity contribution >= 4 is 0 Å². The first-order valence-electron chi connectivity index (χ1n) is 7.84. The fraction of sp³-hybridized carbons (Fsp3) is 1.00. The zero-order chi connectivity index (χ0) is 14.0. The number of rotatable bonds is 5. The highest BCUT2D eigenvalue weighted by Crippen LogP contribution is 2.29. The van der Waals surface area contributed by atoms with Crippen LogP contribution < -0.4 is 5.73 Å². The van der Waals surface area contributed by atoms with Crippen LogP contribution in [0, 0.1) is 0 Å². The highest BCUT2D eigenvalue weighted by molar-refractivity contribution is 5.01. The first kappa shape index (κ1) is 15.2. The Balaban J connectivity index is 1.97. The molecule has 2 aliphatic heterocycles. The average molecular weight is 268 g/mol. The molecule has 19 heavy (non-hydrogen) atoms. The van der Waals surface area contributed by atoms with Gasteiger partial charge in [-0.15, -0.1) is 0 Å². The zero-order valence-electron chi connectivity index (χ0n) is 13.2. The van der Waals surface area contributed by atoms with Crippen molar-refractivity contribution in [3.8, 4) is 0 Å².